The Morgan fingerprint density at radius 1 is 1.35 bits per heavy atom. The molecule has 0 radical (unpaired) electrons. The van der Waals surface area contributed by atoms with E-state index < -0.39 is 24.5 Å². The Hall–Kier alpha value is -1.81. The van der Waals surface area contributed by atoms with Crippen LogP contribution in [0.1, 0.15) is 6.23 Å². The maximum atomic E-state index is 10.1. The molecule has 0 spiro atoms. The van der Waals surface area contributed by atoms with E-state index in [1.165, 1.54) is 24.3 Å². The molecule has 20 heavy (non-hydrogen) atoms. The zero-order valence-corrected chi connectivity index (χ0v) is 10.7. The number of rotatable bonds is 3. The van der Waals surface area contributed by atoms with Crippen molar-refractivity contribution in [1.82, 2.24) is 19.5 Å². The Morgan fingerprint density at radius 3 is 2.90 bits per heavy atom. The number of anilines is 1. The molecule has 108 valence electrons. The van der Waals surface area contributed by atoms with Crippen LogP contribution in [-0.2, 0) is 9.47 Å². The molecule has 0 aromatic carbocycles. The smallest absolute Gasteiger partial charge is 0.167 e. The summed E-state index contributed by atoms with van der Waals surface area (Å²) in [4.78, 5) is 12.0. The molecule has 1 aliphatic heterocycles. The molecule has 9 heteroatoms. The Kier molecular flexibility index (Phi) is 3.26. The van der Waals surface area contributed by atoms with Crippen molar-refractivity contribution in [2.75, 3.05) is 19.5 Å². The molecular weight excluding hydrogens is 266 g/mol. The van der Waals surface area contributed by atoms with E-state index in [-0.39, 0.29) is 12.4 Å². The molecular formula is C11H15N5O4. The fraction of sp³-hybridized carbons (Fsp3) is 0.545. The molecule has 4 N–H and O–H groups in total. The molecule has 1 fully saturated rings. The van der Waals surface area contributed by atoms with Gasteiger partial charge < -0.3 is 25.4 Å². The van der Waals surface area contributed by atoms with E-state index in [0.29, 0.717) is 11.2 Å². The van der Waals surface area contributed by atoms with Gasteiger partial charge in [0.1, 0.15) is 30.2 Å². The minimum Gasteiger partial charge on any atom is -0.387 e. The molecule has 1 saturated heterocycles. The molecule has 0 saturated carbocycles. The summed E-state index contributed by atoms with van der Waals surface area (Å²) >= 11 is 0. The molecule has 2 aromatic rings. The van der Waals surface area contributed by atoms with Crippen molar-refractivity contribution in [2.24, 2.45) is 0 Å². The Bertz CT molecular complexity index is 618. The number of fused-ring (bicyclic) bond motifs is 1. The first-order chi connectivity index (χ1) is 9.63. The maximum absolute atomic E-state index is 10.1. The summed E-state index contributed by atoms with van der Waals surface area (Å²) in [6.45, 7) is 0.179. The quantitative estimate of drug-likeness (QED) is 0.631. The van der Waals surface area contributed by atoms with Crippen LogP contribution in [0.3, 0.4) is 0 Å². The van der Waals surface area contributed by atoms with Crippen LogP contribution < -0.4 is 5.73 Å². The minimum atomic E-state index is -1.11. The Morgan fingerprint density at radius 2 is 2.15 bits per heavy atom. The molecule has 4 atom stereocenters. The minimum absolute atomic E-state index is 0.179. The largest absolute Gasteiger partial charge is 0.387 e. The fourth-order valence-electron chi connectivity index (χ4n) is 2.32. The van der Waals surface area contributed by atoms with Crippen LogP contribution >= 0.6 is 0 Å². The molecule has 3 rings (SSSR count). The predicted molar refractivity (Wildman–Crippen MR) is 67.5 cm³/mol. The molecule has 3 heterocycles. The van der Waals surface area contributed by atoms with Crippen LogP contribution in [0.25, 0.3) is 11.2 Å². The van der Waals surface area contributed by atoms with Crippen molar-refractivity contribution < 1.29 is 19.7 Å². The first kappa shape index (κ1) is 13.2. The average Bonchev–Trinajstić information content (AvgIpc) is 2.97. The second-order valence-corrected chi connectivity index (χ2v) is 4.58. The Balaban J connectivity index is 1.97. The lowest BCUT2D eigenvalue weighted by Gasteiger charge is -2.16. The number of nitrogens with zero attached hydrogens (tertiary/aromatic N) is 4. The summed E-state index contributed by atoms with van der Waals surface area (Å²) in [5.74, 6) is 0.246. The van der Waals surface area contributed by atoms with Gasteiger partial charge in [-0.2, -0.15) is 0 Å². The van der Waals surface area contributed by atoms with Crippen LogP contribution in [0.15, 0.2) is 12.7 Å². The zero-order valence-electron chi connectivity index (χ0n) is 10.7. The van der Waals surface area contributed by atoms with E-state index in [2.05, 4.69) is 15.0 Å². The van der Waals surface area contributed by atoms with Gasteiger partial charge in [0.2, 0.25) is 0 Å². The maximum Gasteiger partial charge on any atom is 0.167 e. The number of hydrogen-bond acceptors (Lipinski definition) is 8. The third-order valence-corrected chi connectivity index (χ3v) is 3.33. The molecule has 2 aromatic heterocycles. The third-order valence-electron chi connectivity index (χ3n) is 3.33. The summed E-state index contributed by atoms with van der Waals surface area (Å²) in [5, 5.41) is 20.0. The number of aliphatic hydroxyl groups is 2. The highest BCUT2D eigenvalue weighted by Crippen LogP contribution is 2.31. The van der Waals surface area contributed by atoms with Gasteiger partial charge in [0.15, 0.2) is 17.7 Å². The molecule has 0 aliphatic carbocycles. The van der Waals surface area contributed by atoms with E-state index in [4.69, 9.17) is 15.2 Å². The number of aliphatic hydroxyl groups excluding tert-OH is 2. The average molecular weight is 281 g/mol. The number of ether oxygens (including phenoxy) is 2. The van der Waals surface area contributed by atoms with Crippen LogP contribution in [0.2, 0.25) is 0 Å². The molecule has 9 nitrogen and oxygen atoms in total. The third kappa shape index (κ3) is 1.91. The Labute approximate surface area is 114 Å². The predicted octanol–water partition coefficient (Wildman–Crippen LogP) is -1.33. The van der Waals surface area contributed by atoms with Gasteiger partial charge in [-0.25, -0.2) is 15.0 Å². The molecule has 0 bridgehead atoms. The van der Waals surface area contributed by atoms with Crippen LogP contribution in [0.5, 0.6) is 0 Å². The van der Waals surface area contributed by atoms with Gasteiger partial charge in [-0.15, -0.1) is 0 Å². The standard InChI is InChI=1S/C11H15N5O4/c1-19-2-5-7(17)8(18)11(20-5)16-4-15-6-9(12)13-3-14-10(6)16/h3-5,7-8,11,17-18H,2H2,1H3,(H2,12,13,14)/t5?,7-,8-,11-/m1/s1. The monoisotopic (exact) mass is 281 g/mol. The molecule has 1 unspecified atom stereocenters. The van der Waals surface area contributed by atoms with Crippen LogP contribution in [-0.4, -0.2) is 61.8 Å². The van der Waals surface area contributed by atoms with Gasteiger partial charge in [-0.05, 0) is 0 Å². The first-order valence-corrected chi connectivity index (χ1v) is 6.07. The van der Waals surface area contributed by atoms with Crippen molar-refractivity contribution in [2.45, 2.75) is 24.5 Å². The van der Waals surface area contributed by atoms with E-state index in [1.54, 1.807) is 0 Å². The second kappa shape index (κ2) is 4.94. The topological polar surface area (TPSA) is 129 Å². The zero-order chi connectivity index (χ0) is 14.3. The van der Waals surface area contributed by atoms with Gasteiger partial charge in [0.25, 0.3) is 0 Å². The van der Waals surface area contributed by atoms with Crippen LogP contribution in [0, 0.1) is 0 Å². The summed E-state index contributed by atoms with van der Waals surface area (Å²) in [5.41, 5.74) is 6.57. The number of methoxy groups -OCH3 is 1. The lowest BCUT2D eigenvalue weighted by Crippen LogP contribution is -2.33. The number of aromatic nitrogens is 4. The highest BCUT2D eigenvalue weighted by Gasteiger charge is 2.44. The van der Waals surface area contributed by atoms with Crippen molar-refractivity contribution in [3.8, 4) is 0 Å². The highest BCUT2D eigenvalue weighted by atomic mass is 16.6. The van der Waals surface area contributed by atoms with E-state index in [0.717, 1.165) is 0 Å². The summed E-state index contributed by atoms with van der Waals surface area (Å²) in [6.07, 6.45) is -0.812. The summed E-state index contributed by atoms with van der Waals surface area (Å²) in [6, 6.07) is 0. The van der Waals surface area contributed by atoms with Gasteiger partial charge in [0, 0.05) is 7.11 Å². The number of hydrogen-bond donors (Lipinski definition) is 3. The fourth-order valence-corrected chi connectivity index (χ4v) is 2.32. The van der Waals surface area contributed by atoms with Crippen molar-refractivity contribution in [3.05, 3.63) is 12.7 Å². The van der Waals surface area contributed by atoms with Crippen LogP contribution in [0.4, 0.5) is 5.82 Å². The number of nitrogens with two attached hydrogens (primary N) is 1. The normalized spacial score (nSPS) is 30.1. The number of nitrogen functional groups attached to an aromatic ring is 1. The van der Waals surface area contributed by atoms with Gasteiger partial charge >= 0.3 is 0 Å². The van der Waals surface area contributed by atoms with E-state index in [9.17, 15) is 10.2 Å². The van der Waals surface area contributed by atoms with Gasteiger partial charge in [-0.1, -0.05) is 0 Å². The second-order valence-electron chi connectivity index (χ2n) is 4.58. The SMILES string of the molecule is COCC1O[C@@H](n2cnc3c(N)ncnc32)[C@H](O)[C@@H]1O. The van der Waals surface area contributed by atoms with E-state index in [1.807, 2.05) is 0 Å². The van der Waals surface area contributed by atoms with Gasteiger partial charge in [0.05, 0.1) is 12.9 Å². The van der Waals surface area contributed by atoms with E-state index >= 15 is 0 Å². The molecule has 1 aliphatic rings. The van der Waals surface area contributed by atoms with Crippen molar-refractivity contribution >= 4 is 17.0 Å². The molecule has 0 amide bonds. The summed E-state index contributed by atoms with van der Waals surface area (Å²) < 4.78 is 12.1. The lowest BCUT2D eigenvalue weighted by molar-refractivity contribution is -0.0580. The lowest BCUT2D eigenvalue weighted by atomic mass is 10.1. The van der Waals surface area contributed by atoms with Crippen molar-refractivity contribution in [3.63, 3.8) is 0 Å². The highest BCUT2D eigenvalue weighted by molar-refractivity contribution is 5.81. The van der Waals surface area contributed by atoms with Gasteiger partial charge in [-0.3, -0.25) is 4.57 Å². The summed E-state index contributed by atoms with van der Waals surface area (Å²) in [7, 11) is 1.50. The van der Waals surface area contributed by atoms with Crippen molar-refractivity contribution in [1.29, 1.82) is 0 Å². The number of imidazole rings is 1. The first-order valence-electron chi connectivity index (χ1n) is 6.07.